The first-order valence-corrected chi connectivity index (χ1v) is 9.06. The summed E-state index contributed by atoms with van der Waals surface area (Å²) in [5.74, 6) is 1.31. The Morgan fingerprint density at radius 2 is 1.71 bits per heavy atom. The molecule has 0 aromatic heterocycles. The molecule has 3 N–H and O–H groups in total. The fourth-order valence-corrected chi connectivity index (χ4v) is 4.48. The van der Waals surface area contributed by atoms with E-state index in [2.05, 4.69) is 36.5 Å². The van der Waals surface area contributed by atoms with Crippen molar-refractivity contribution in [3.05, 3.63) is 47.5 Å². The van der Waals surface area contributed by atoms with Crippen molar-refractivity contribution in [1.29, 1.82) is 0 Å². The zero-order chi connectivity index (χ0) is 16.7. The Balaban J connectivity index is 0.000000201. The number of piperidine rings is 1. The number of hydrogen-bond acceptors (Lipinski definition) is 3. The summed E-state index contributed by atoms with van der Waals surface area (Å²) in [7, 11) is 0. The summed E-state index contributed by atoms with van der Waals surface area (Å²) in [5, 5.41) is 23.3. The first kappa shape index (κ1) is 15.5. The highest BCUT2D eigenvalue weighted by Gasteiger charge is 2.38. The van der Waals surface area contributed by atoms with Gasteiger partial charge < -0.3 is 15.5 Å². The molecule has 3 unspecified atom stereocenters. The predicted molar refractivity (Wildman–Crippen MR) is 96.5 cm³/mol. The molecule has 1 aromatic carbocycles. The minimum Gasteiger partial charge on any atom is -0.504 e. The van der Waals surface area contributed by atoms with Gasteiger partial charge in [0.25, 0.3) is 0 Å². The smallest absolute Gasteiger partial charge is 0.160 e. The third-order valence-electron chi connectivity index (χ3n) is 5.97. The molecule has 1 heterocycles. The zero-order valence-electron chi connectivity index (χ0n) is 14.1. The van der Waals surface area contributed by atoms with Crippen molar-refractivity contribution in [2.45, 2.75) is 44.6 Å². The molecular weight excluding hydrogens is 298 g/mol. The van der Waals surface area contributed by atoms with Crippen LogP contribution in [0.2, 0.25) is 0 Å². The fourth-order valence-electron chi connectivity index (χ4n) is 4.48. The van der Waals surface area contributed by atoms with Crippen LogP contribution in [0, 0.1) is 5.92 Å². The summed E-state index contributed by atoms with van der Waals surface area (Å²) in [5.41, 5.74) is 5.07. The van der Waals surface area contributed by atoms with Gasteiger partial charge in [-0.25, -0.2) is 0 Å². The van der Waals surface area contributed by atoms with Crippen LogP contribution in [0.4, 0.5) is 0 Å². The molecule has 1 fully saturated rings. The lowest BCUT2D eigenvalue weighted by Crippen LogP contribution is -2.46. The molecule has 3 nitrogen and oxygen atoms in total. The molecule has 3 heteroatoms. The maximum atomic E-state index is 10.0. The highest BCUT2D eigenvalue weighted by molar-refractivity contribution is 5.75. The number of phenols is 2. The molecule has 1 aromatic rings. The normalized spacial score (nSPS) is 25.8. The van der Waals surface area contributed by atoms with Gasteiger partial charge in [0.15, 0.2) is 11.5 Å². The lowest BCUT2D eigenvalue weighted by atomic mass is 9.68. The Hall–Kier alpha value is -2.00. The van der Waals surface area contributed by atoms with Crippen LogP contribution in [0.1, 0.15) is 43.2 Å². The summed E-state index contributed by atoms with van der Waals surface area (Å²) in [6.07, 6.45) is 4.31. The van der Waals surface area contributed by atoms with Crippen LogP contribution in [-0.4, -0.2) is 22.8 Å². The van der Waals surface area contributed by atoms with Crippen molar-refractivity contribution in [1.82, 2.24) is 5.32 Å². The maximum Gasteiger partial charge on any atom is 0.160 e. The van der Waals surface area contributed by atoms with Crippen LogP contribution < -0.4 is 5.32 Å². The molecule has 3 atom stereocenters. The molecule has 0 spiro atoms. The molecule has 1 saturated heterocycles. The zero-order valence-corrected chi connectivity index (χ0v) is 14.1. The lowest BCUT2D eigenvalue weighted by molar-refractivity contribution is 0.225. The van der Waals surface area contributed by atoms with E-state index >= 15 is 0 Å². The van der Waals surface area contributed by atoms with Gasteiger partial charge in [-0.05, 0) is 54.5 Å². The van der Waals surface area contributed by atoms with Crippen molar-refractivity contribution < 1.29 is 10.2 Å². The summed E-state index contributed by atoms with van der Waals surface area (Å²) in [6, 6.07) is 12.7. The summed E-state index contributed by atoms with van der Waals surface area (Å²) in [4.78, 5) is 0. The second kappa shape index (κ2) is 6.14. The largest absolute Gasteiger partial charge is 0.504 e. The summed E-state index contributed by atoms with van der Waals surface area (Å²) < 4.78 is 0. The van der Waals surface area contributed by atoms with E-state index in [1.165, 1.54) is 29.5 Å². The van der Waals surface area contributed by atoms with Gasteiger partial charge in [0.1, 0.15) is 0 Å². The average Bonchev–Trinajstić information content (AvgIpc) is 2.60. The fraction of sp³-hybridized carbons (Fsp3) is 0.429. The Bertz CT molecular complexity index is 717. The van der Waals surface area contributed by atoms with Gasteiger partial charge >= 0.3 is 0 Å². The van der Waals surface area contributed by atoms with Crippen molar-refractivity contribution in [3.8, 4) is 22.6 Å². The predicted octanol–water partition coefficient (Wildman–Crippen LogP) is 4.18. The molecular formula is C21H25NO2. The number of hydrogen-bond donors (Lipinski definition) is 3. The van der Waals surface area contributed by atoms with Crippen LogP contribution in [-0.2, 0) is 6.42 Å². The van der Waals surface area contributed by atoms with E-state index in [1.54, 1.807) is 6.07 Å². The van der Waals surface area contributed by atoms with Crippen molar-refractivity contribution in [2.24, 2.45) is 5.92 Å². The number of aromatic hydroxyl groups is 2. The number of fused-ring (bicyclic) bond motifs is 4. The molecule has 3 aliphatic carbocycles. The quantitative estimate of drug-likeness (QED) is 0.589. The van der Waals surface area contributed by atoms with E-state index < -0.39 is 0 Å². The molecule has 4 aliphatic rings. The van der Waals surface area contributed by atoms with Gasteiger partial charge in [0.05, 0.1) is 0 Å². The van der Waals surface area contributed by atoms with Gasteiger partial charge in [-0.1, -0.05) is 43.7 Å². The first-order valence-electron chi connectivity index (χ1n) is 9.06. The van der Waals surface area contributed by atoms with E-state index in [0.29, 0.717) is 17.9 Å². The SMILES string of the molecule is CCC1CCNC2CCc3c(ccc(O)c3O)C12.c1cc2ccc1-2. The van der Waals surface area contributed by atoms with Crippen LogP contribution in [0.3, 0.4) is 0 Å². The van der Waals surface area contributed by atoms with Gasteiger partial charge in [0.2, 0.25) is 0 Å². The molecule has 0 amide bonds. The minimum absolute atomic E-state index is 0.0176. The van der Waals surface area contributed by atoms with Gasteiger partial charge in [-0.15, -0.1) is 0 Å². The lowest BCUT2D eigenvalue weighted by Gasteiger charge is -2.43. The second-order valence-electron chi connectivity index (χ2n) is 7.16. The van der Waals surface area contributed by atoms with E-state index in [-0.39, 0.29) is 11.5 Å². The van der Waals surface area contributed by atoms with Crippen molar-refractivity contribution in [2.75, 3.05) is 6.54 Å². The Kier molecular flexibility index (Phi) is 3.97. The van der Waals surface area contributed by atoms with E-state index in [9.17, 15) is 10.2 Å². The van der Waals surface area contributed by atoms with Crippen LogP contribution >= 0.6 is 0 Å². The number of phenolic OH excluding ortho intramolecular Hbond substituents is 2. The van der Waals surface area contributed by atoms with Gasteiger partial charge in [0, 0.05) is 17.5 Å². The second-order valence-corrected chi connectivity index (χ2v) is 7.16. The molecule has 0 saturated carbocycles. The van der Waals surface area contributed by atoms with Crippen molar-refractivity contribution in [3.63, 3.8) is 0 Å². The standard InChI is InChI=1S/C15H21NO2.C6H4/c1-2-9-7-8-16-12-5-3-11-10(14(9)12)4-6-13(17)15(11)18;1-2-6-4-3-5(1)6/h4,6,9,12,14,16-18H,2-3,5,7-8H2,1H3;1-4H. The third-order valence-corrected chi connectivity index (χ3v) is 5.97. The Morgan fingerprint density at radius 3 is 2.29 bits per heavy atom. The number of rotatable bonds is 1. The minimum atomic E-state index is 0.0176. The first-order chi connectivity index (χ1) is 11.7. The highest BCUT2D eigenvalue weighted by Crippen LogP contribution is 2.46. The van der Waals surface area contributed by atoms with Crippen molar-refractivity contribution >= 4 is 0 Å². The number of nitrogens with one attached hydrogen (secondary N) is 1. The molecule has 5 rings (SSSR count). The summed E-state index contributed by atoms with van der Waals surface area (Å²) in [6.45, 7) is 3.36. The van der Waals surface area contributed by atoms with Crippen LogP contribution in [0.15, 0.2) is 36.4 Å². The van der Waals surface area contributed by atoms with E-state index in [0.717, 1.165) is 24.9 Å². The molecule has 1 aliphatic heterocycles. The summed E-state index contributed by atoms with van der Waals surface area (Å²) >= 11 is 0. The topological polar surface area (TPSA) is 52.5 Å². The van der Waals surface area contributed by atoms with Gasteiger partial charge in [-0.2, -0.15) is 0 Å². The molecule has 24 heavy (non-hydrogen) atoms. The molecule has 0 bridgehead atoms. The average molecular weight is 323 g/mol. The van der Waals surface area contributed by atoms with E-state index in [1.807, 2.05) is 6.07 Å². The maximum absolute atomic E-state index is 10.0. The highest BCUT2D eigenvalue weighted by atomic mass is 16.3. The third kappa shape index (κ3) is 2.48. The van der Waals surface area contributed by atoms with Gasteiger partial charge in [-0.3, -0.25) is 0 Å². The van der Waals surface area contributed by atoms with Crippen LogP contribution in [0.5, 0.6) is 11.5 Å². The number of benzene rings is 2. The molecule has 126 valence electrons. The van der Waals surface area contributed by atoms with E-state index in [4.69, 9.17) is 0 Å². The Morgan fingerprint density at radius 1 is 1.00 bits per heavy atom. The monoisotopic (exact) mass is 323 g/mol. The van der Waals surface area contributed by atoms with Crippen LogP contribution in [0.25, 0.3) is 11.1 Å². The Labute approximate surface area is 143 Å². The molecule has 0 radical (unpaired) electrons.